The van der Waals surface area contributed by atoms with Crippen LogP contribution in [0.25, 0.3) is 0 Å². The summed E-state index contributed by atoms with van der Waals surface area (Å²) >= 11 is 5.99. The van der Waals surface area contributed by atoms with Crippen molar-refractivity contribution in [2.75, 3.05) is 13.6 Å². The van der Waals surface area contributed by atoms with Crippen molar-refractivity contribution in [2.24, 2.45) is 7.05 Å². The Morgan fingerprint density at radius 2 is 2.21 bits per heavy atom. The van der Waals surface area contributed by atoms with E-state index in [4.69, 9.17) is 11.6 Å². The molecule has 1 aromatic heterocycles. The predicted molar refractivity (Wildman–Crippen MR) is 79.3 cm³/mol. The standard InChI is InChI=1S/C15H20ClN3/c1-18(12-13-5-3-6-14(16)11-13)9-4-7-15-17-8-10-19(15)2/h3,5-6,8,10-11H,4,7,9,12H2,1-2H3. The van der Waals surface area contributed by atoms with E-state index in [1.54, 1.807) is 0 Å². The quantitative estimate of drug-likeness (QED) is 0.809. The SMILES string of the molecule is CN(CCCc1nccn1C)Cc1cccc(Cl)c1. The molecule has 3 nitrogen and oxygen atoms in total. The molecule has 0 aliphatic rings. The Bertz CT molecular complexity index is 522. The van der Waals surface area contributed by atoms with Crippen molar-refractivity contribution in [1.29, 1.82) is 0 Å². The van der Waals surface area contributed by atoms with Crippen molar-refractivity contribution < 1.29 is 0 Å². The maximum absolute atomic E-state index is 5.99. The van der Waals surface area contributed by atoms with Crippen molar-refractivity contribution in [3.63, 3.8) is 0 Å². The van der Waals surface area contributed by atoms with Gasteiger partial charge >= 0.3 is 0 Å². The van der Waals surface area contributed by atoms with Crippen LogP contribution in [-0.2, 0) is 20.0 Å². The Balaban J connectivity index is 1.76. The minimum atomic E-state index is 0.805. The second kappa shape index (κ2) is 6.73. The van der Waals surface area contributed by atoms with E-state index in [9.17, 15) is 0 Å². The van der Waals surface area contributed by atoms with E-state index in [2.05, 4.69) is 27.6 Å². The highest BCUT2D eigenvalue weighted by molar-refractivity contribution is 6.30. The lowest BCUT2D eigenvalue weighted by Crippen LogP contribution is -2.19. The van der Waals surface area contributed by atoms with Gasteiger partial charge in [-0.1, -0.05) is 23.7 Å². The van der Waals surface area contributed by atoms with Gasteiger partial charge in [-0.25, -0.2) is 4.98 Å². The van der Waals surface area contributed by atoms with Gasteiger partial charge in [-0.3, -0.25) is 0 Å². The fraction of sp³-hybridized carbons (Fsp3) is 0.400. The molecule has 1 aromatic carbocycles. The summed E-state index contributed by atoms with van der Waals surface area (Å²) in [6, 6.07) is 8.05. The molecule has 102 valence electrons. The van der Waals surface area contributed by atoms with E-state index in [-0.39, 0.29) is 0 Å². The van der Waals surface area contributed by atoms with Gasteiger partial charge in [0, 0.05) is 37.4 Å². The smallest absolute Gasteiger partial charge is 0.108 e. The zero-order valence-electron chi connectivity index (χ0n) is 11.5. The van der Waals surface area contributed by atoms with Crippen LogP contribution in [0, 0.1) is 0 Å². The van der Waals surface area contributed by atoms with E-state index < -0.39 is 0 Å². The number of halogens is 1. The molecule has 0 bridgehead atoms. The Morgan fingerprint density at radius 3 is 2.89 bits per heavy atom. The third-order valence-corrected chi connectivity index (χ3v) is 3.44. The molecule has 0 unspecified atom stereocenters. The van der Waals surface area contributed by atoms with Gasteiger partial charge < -0.3 is 9.47 Å². The Kier molecular flexibility index (Phi) is 5.00. The van der Waals surface area contributed by atoms with Crippen molar-refractivity contribution >= 4 is 11.6 Å². The molecule has 0 fully saturated rings. The molecule has 0 amide bonds. The molecule has 4 heteroatoms. The fourth-order valence-corrected chi connectivity index (χ4v) is 2.38. The van der Waals surface area contributed by atoms with Crippen molar-refractivity contribution in [1.82, 2.24) is 14.5 Å². The molecule has 19 heavy (non-hydrogen) atoms. The van der Waals surface area contributed by atoms with Gasteiger partial charge in [0.1, 0.15) is 5.82 Å². The van der Waals surface area contributed by atoms with E-state index in [1.165, 1.54) is 5.56 Å². The molecule has 0 saturated heterocycles. The van der Waals surface area contributed by atoms with Gasteiger partial charge in [0.25, 0.3) is 0 Å². The van der Waals surface area contributed by atoms with Crippen LogP contribution in [0.4, 0.5) is 0 Å². The van der Waals surface area contributed by atoms with Gasteiger partial charge in [0.2, 0.25) is 0 Å². The average molecular weight is 278 g/mol. The van der Waals surface area contributed by atoms with Crippen LogP contribution in [0.1, 0.15) is 17.8 Å². The van der Waals surface area contributed by atoms with Crippen LogP contribution in [0.5, 0.6) is 0 Å². The van der Waals surface area contributed by atoms with Gasteiger partial charge in [0.05, 0.1) is 0 Å². The molecule has 0 aliphatic heterocycles. The lowest BCUT2D eigenvalue weighted by Gasteiger charge is -2.16. The molecule has 2 rings (SSSR count). The predicted octanol–water partition coefficient (Wildman–Crippen LogP) is 3.14. The second-order valence-corrected chi connectivity index (χ2v) is 5.36. The molecular formula is C15H20ClN3. The second-order valence-electron chi connectivity index (χ2n) is 4.93. The van der Waals surface area contributed by atoms with Crippen molar-refractivity contribution in [2.45, 2.75) is 19.4 Å². The summed E-state index contributed by atoms with van der Waals surface area (Å²) < 4.78 is 2.08. The van der Waals surface area contributed by atoms with Gasteiger partial charge in [0.15, 0.2) is 0 Å². The lowest BCUT2D eigenvalue weighted by molar-refractivity contribution is 0.321. The lowest BCUT2D eigenvalue weighted by atomic mass is 10.2. The number of benzene rings is 1. The molecule has 0 N–H and O–H groups in total. The van der Waals surface area contributed by atoms with Crippen molar-refractivity contribution in [3.05, 3.63) is 53.1 Å². The maximum Gasteiger partial charge on any atom is 0.108 e. The zero-order valence-corrected chi connectivity index (χ0v) is 12.3. The summed E-state index contributed by atoms with van der Waals surface area (Å²) in [4.78, 5) is 6.65. The molecule has 0 spiro atoms. The average Bonchev–Trinajstić information content (AvgIpc) is 2.75. The first-order valence-corrected chi connectivity index (χ1v) is 6.92. The summed E-state index contributed by atoms with van der Waals surface area (Å²) in [5, 5.41) is 0.805. The summed E-state index contributed by atoms with van der Waals surface area (Å²) in [6.45, 7) is 1.99. The molecule has 0 aliphatic carbocycles. The number of imidazole rings is 1. The maximum atomic E-state index is 5.99. The molecule has 1 heterocycles. The Hall–Kier alpha value is -1.32. The Labute approximate surface area is 119 Å². The first-order valence-electron chi connectivity index (χ1n) is 6.54. The molecule has 2 aromatic rings. The van der Waals surface area contributed by atoms with Gasteiger partial charge in [-0.05, 0) is 37.7 Å². The normalized spacial score (nSPS) is 11.2. The largest absolute Gasteiger partial charge is 0.338 e. The van der Waals surface area contributed by atoms with Crippen LogP contribution < -0.4 is 0 Å². The van der Waals surface area contributed by atoms with E-state index in [1.807, 2.05) is 37.6 Å². The topological polar surface area (TPSA) is 21.1 Å². The molecule has 0 atom stereocenters. The van der Waals surface area contributed by atoms with Gasteiger partial charge in [-0.2, -0.15) is 0 Å². The van der Waals surface area contributed by atoms with Crippen LogP contribution in [0.15, 0.2) is 36.7 Å². The molecule has 0 saturated carbocycles. The van der Waals surface area contributed by atoms with E-state index in [0.717, 1.165) is 36.8 Å². The summed E-state index contributed by atoms with van der Waals surface area (Å²) in [6.07, 6.45) is 5.97. The number of hydrogen-bond acceptors (Lipinski definition) is 2. The Morgan fingerprint density at radius 1 is 1.37 bits per heavy atom. The fourth-order valence-electron chi connectivity index (χ4n) is 2.17. The minimum absolute atomic E-state index is 0.805. The van der Waals surface area contributed by atoms with E-state index in [0.29, 0.717) is 0 Å². The first-order chi connectivity index (χ1) is 9.15. The van der Waals surface area contributed by atoms with Crippen LogP contribution >= 0.6 is 11.6 Å². The summed E-state index contributed by atoms with van der Waals surface area (Å²) in [5.74, 6) is 1.15. The number of hydrogen-bond donors (Lipinski definition) is 0. The third-order valence-electron chi connectivity index (χ3n) is 3.20. The van der Waals surface area contributed by atoms with Crippen LogP contribution in [0.3, 0.4) is 0 Å². The highest BCUT2D eigenvalue weighted by atomic mass is 35.5. The molecule has 0 radical (unpaired) electrons. The van der Waals surface area contributed by atoms with Gasteiger partial charge in [-0.15, -0.1) is 0 Å². The number of aromatic nitrogens is 2. The van der Waals surface area contributed by atoms with Crippen LogP contribution in [0.2, 0.25) is 5.02 Å². The number of nitrogens with zero attached hydrogens (tertiary/aromatic N) is 3. The number of aryl methyl sites for hydroxylation is 2. The first kappa shape index (κ1) is 14.1. The molecular weight excluding hydrogens is 258 g/mol. The minimum Gasteiger partial charge on any atom is -0.338 e. The third kappa shape index (κ3) is 4.37. The van der Waals surface area contributed by atoms with Crippen molar-refractivity contribution in [3.8, 4) is 0 Å². The highest BCUT2D eigenvalue weighted by Gasteiger charge is 2.03. The number of rotatable bonds is 6. The monoisotopic (exact) mass is 277 g/mol. The van der Waals surface area contributed by atoms with Crippen LogP contribution in [-0.4, -0.2) is 28.0 Å². The highest BCUT2D eigenvalue weighted by Crippen LogP contribution is 2.12. The summed E-state index contributed by atoms with van der Waals surface area (Å²) in [7, 11) is 4.18. The van der Waals surface area contributed by atoms with E-state index >= 15 is 0 Å². The summed E-state index contributed by atoms with van der Waals surface area (Å²) in [5.41, 5.74) is 1.26. The zero-order chi connectivity index (χ0) is 13.7.